The van der Waals surface area contributed by atoms with Crippen LogP contribution in [0.25, 0.3) is 0 Å². The van der Waals surface area contributed by atoms with Crippen molar-refractivity contribution in [2.24, 2.45) is 4.99 Å². The summed E-state index contributed by atoms with van der Waals surface area (Å²) >= 11 is 0. The molecule has 0 spiro atoms. The fourth-order valence-corrected chi connectivity index (χ4v) is 2.97. The zero-order valence-electron chi connectivity index (χ0n) is 15.9. The molecule has 9 nitrogen and oxygen atoms in total. The second-order valence-electron chi connectivity index (χ2n) is 6.41. The molecule has 2 aromatic heterocycles. The first kappa shape index (κ1) is 19.6. The molecule has 5 N–H and O–H groups in total. The molecule has 1 aliphatic rings. The number of nitrogens with zero attached hydrogens (tertiary/aromatic N) is 5. The molecule has 1 fully saturated rings. The van der Waals surface area contributed by atoms with Gasteiger partial charge in [-0.25, -0.2) is 4.98 Å². The molecule has 0 bridgehead atoms. The van der Waals surface area contributed by atoms with Crippen LogP contribution in [0.1, 0.15) is 29.8 Å². The summed E-state index contributed by atoms with van der Waals surface area (Å²) in [5, 5.41) is 19.6. The summed E-state index contributed by atoms with van der Waals surface area (Å²) in [6, 6.07) is 1.73. The molecule has 0 aromatic carbocycles. The van der Waals surface area contributed by atoms with Crippen molar-refractivity contribution in [1.82, 2.24) is 20.3 Å². The number of anilines is 2. The van der Waals surface area contributed by atoms with E-state index in [-0.39, 0.29) is 11.6 Å². The van der Waals surface area contributed by atoms with Crippen LogP contribution in [0.2, 0.25) is 0 Å². The van der Waals surface area contributed by atoms with E-state index >= 15 is 0 Å². The van der Waals surface area contributed by atoms with Gasteiger partial charge in [0.2, 0.25) is 0 Å². The first-order valence-electron chi connectivity index (χ1n) is 9.27. The minimum absolute atomic E-state index is 0.182. The lowest BCUT2D eigenvalue weighted by atomic mass is 10.0. The van der Waals surface area contributed by atoms with Gasteiger partial charge in [0.1, 0.15) is 11.5 Å². The van der Waals surface area contributed by atoms with E-state index in [2.05, 4.69) is 30.2 Å². The van der Waals surface area contributed by atoms with Crippen molar-refractivity contribution < 1.29 is 0 Å². The van der Waals surface area contributed by atoms with Crippen LogP contribution in [0, 0.1) is 10.8 Å². The second kappa shape index (κ2) is 9.14. The molecule has 9 heteroatoms. The molecule has 1 saturated heterocycles. The third-order valence-electron chi connectivity index (χ3n) is 4.51. The van der Waals surface area contributed by atoms with Crippen LogP contribution < -0.4 is 16.0 Å². The fraction of sp³-hybridized carbons (Fsp3) is 0.368. The molecule has 1 unspecified atom stereocenters. The topological polar surface area (TPSA) is 140 Å². The Hall–Kier alpha value is -3.20. The molecule has 146 valence electrons. The molecular formula is C19H25N9. The normalized spacial score (nSPS) is 15.5. The number of aliphatic imine (C=N–C) groups is 1. The molecule has 28 heavy (non-hydrogen) atoms. The number of nitrogen functional groups attached to an aromatic ring is 1. The Balaban J connectivity index is 1.90. The molecule has 3 heterocycles. The van der Waals surface area contributed by atoms with Gasteiger partial charge >= 0.3 is 0 Å². The van der Waals surface area contributed by atoms with Crippen molar-refractivity contribution >= 4 is 29.6 Å². The summed E-state index contributed by atoms with van der Waals surface area (Å²) in [4.78, 5) is 19.6. The van der Waals surface area contributed by atoms with Crippen molar-refractivity contribution in [3.05, 3.63) is 41.6 Å². The number of hydrogen-bond acceptors (Lipinski definition) is 9. The smallest absolute Gasteiger partial charge is 0.147 e. The van der Waals surface area contributed by atoms with E-state index in [4.69, 9.17) is 16.6 Å². The molecule has 0 radical (unpaired) electrons. The van der Waals surface area contributed by atoms with Crippen LogP contribution in [0.15, 0.2) is 29.6 Å². The number of pyridine rings is 1. The third kappa shape index (κ3) is 4.37. The van der Waals surface area contributed by atoms with Crippen molar-refractivity contribution in [2.45, 2.75) is 12.8 Å². The Morgan fingerprint density at radius 3 is 2.86 bits per heavy atom. The molecule has 1 atom stereocenters. The summed E-state index contributed by atoms with van der Waals surface area (Å²) < 4.78 is 0. The molecule has 3 rings (SSSR count). The number of piperazine rings is 1. The molecule has 0 saturated carbocycles. The Bertz CT molecular complexity index is 871. The molecule has 0 amide bonds. The summed E-state index contributed by atoms with van der Waals surface area (Å²) in [5.74, 6) is 0.398. The number of rotatable bonds is 7. The highest BCUT2D eigenvalue weighted by Crippen LogP contribution is 2.20. The average molecular weight is 379 g/mol. The van der Waals surface area contributed by atoms with Crippen molar-refractivity contribution in [2.75, 3.05) is 43.4 Å². The lowest BCUT2D eigenvalue weighted by Crippen LogP contribution is -2.44. The van der Waals surface area contributed by atoms with Crippen LogP contribution in [-0.2, 0) is 0 Å². The van der Waals surface area contributed by atoms with E-state index in [1.165, 1.54) is 12.4 Å². The summed E-state index contributed by atoms with van der Waals surface area (Å²) in [7, 11) is 0. The van der Waals surface area contributed by atoms with Gasteiger partial charge in [-0.05, 0) is 13.0 Å². The monoisotopic (exact) mass is 379 g/mol. The maximum absolute atomic E-state index is 8.62. The van der Waals surface area contributed by atoms with Crippen molar-refractivity contribution in [3.63, 3.8) is 0 Å². The van der Waals surface area contributed by atoms with Gasteiger partial charge < -0.3 is 21.4 Å². The van der Waals surface area contributed by atoms with Crippen molar-refractivity contribution in [1.29, 1.82) is 10.8 Å². The SMILES string of the molecule is CCN=CC(C=N)c1cc(C(=N)c2cncc(N3CCNCC3)n2)c(N)cn1. The van der Waals surface area contributed by atoms with Gasteiger partial charge in [-0.2, -0.15) is 0 Å². The molecular weight excluding hydrogens is 354 g/mol. The van der Waals surface area contributed by atoms with Crippen LogP contribution in [-0.4, -0.2) is 65.8 Å². The molecule has 0 aliphatic carbocycles. The van der Waals surface area contributed by atoms with Crippen molar-refractivity contribution in [3.8, 4) is 0 Å². The lowest BCUT2D eigenvalue weighted by molar-refractivity contribution is 0.584. The van der Waals surface area contributed by atoms with E-state index in [9.17, 15) is 0 Å². The zero-order chi connectivity index (χ0) is 19.9. The Labute approximate surface area is 164 Å². The van der Waals surface area contributed by atoms with E-state index in [0.717, 1.165) is 32.0 Å². The highest BCUT2D eigenvalue weighted by molar-refractivity contribution is 6.12. The van der Waals surface area contributed by atoms with Crippen LogP contribution >= 0.6 is 0 Å². The summed E-state index contributed by atoms with van der Waals surface area (Å²) in [6.45, 7) is 6.06. The fourth-order valence-electron chi connectivity index (χ4n) is 2.97. The van der Waals surface area contributed by atoms with E-state index in [0.29, 0.717) is 29.2 Å². The average Bonchev–Trinajstić information content (AvgIpc) is 2.75. The van der Waals surface area contributed by atoms with Crippen LogP contribution in [0.5, 0.6) is 0 Å². The van der Waals surface area contributed by atoms with E-state index in [1.807, 2.05) is 6.92 Å². The number of hydrogen-bond donors (Lipinski definition) is 4. The van der Waals surface area contributed by atoms with Gasteiger partial charge in [0.15, 0.2) is 0 Å². The highest BCUT2D eigenvalue weighted by atomic mass is 15.2. The van der Waals surface area contributed by atoms with Crippen LogP contribution in [0.3, 0.4) is 0 Å². The third-order valence-corrected chi connectivity index (χ3v) is 4.51. The number of aromatic nitrogens is 3. The minimum atomic E-state index is -0.356. The van der Waals surface area contributed by atoms with E-state index in [1.54, 1.807) is 24.7 Å². The van der Waals surface area contributed by atoms with E-state index < -0.39 is 0 Å². The van der Waals surface area contributed by atoms with Gasteiger partial charge in [-0.15, -0.1) is 0 Å². The summed E-state index contributed by atoms with van der Waals surface area (Å²) in [6.07, 6.45) is 7.76. The number of nitrogens with one attached hydrogen (secondary N) is 3. The maximum Gasteiger partial charge on any atom is 0.147 e. The van der Waals surface area contributed by atoms with Crippen LogP contribution in [0.4, 0.5) is 11.5 Å². The van der Waals surface area contributed by atoms with Gasteiger partial charge in [-0.1, -0.05) is 0 Å². The summed E-state index contributed by atoms with van der Waals surface area (Å²) in [5.41, 5.74) is 8.25. The highest BCUT2D eigenvalue weighted by Gasteiger charge is 2.18. The molecule has 2 aromatic rings. The molecule has 1 aliphatic heterocycles. The van der Waals surface area contributed by atoms with Gasteiger partial charge in [0, 0.05) is 50.7 Å². The lowest BCUT2D eigenvalue weighted by Gasteiger charge is -2.28. The van der Waals surface area contributed by atoms with Gasteiger partial charge in [0.05, 0.1) is 41.6 Å². The van der Waals surface area contributed by atoms with Gasteiger partial charge in [0.25, 0.3) is 0 Å². The first-order valence-corrected chi connectivity index (χ1v) is 9.27. The predicted octanol–water partition coefficient (Wildman–Crippen LogP) is 1.10. The Kier molecular flexibility index (Phi) is 6.38. The first-order chi connectivity index (χ1) is 13.6. The minimum Gasteiger partial charge on any atom is -0.397 e. The zero-order valence-corrected chi connectivity index (χ0v) is 15.9. The Morgan fingerprint density at radius 2 is 2.14 bits per heavy atom. The quantitative estimate of drug-likeness (QED) is 0.531. The predicted molar refractivity (Wildman–Crippen MR) is 112 cm³/mol. The second-order valence-corrected chi connectivity index (χ2v) is 6.41. The largest absolute Gasteiger partial charge is 0.397 e. The number of nitrogens with two attached hydrogens (primary N) is 1. The van der Waals surface area contributed by atoms with Gasteiger partial charge in [-0.3, -0.25) is 20.4 Å². The Morgan fingerprint density at radius 1 is 1.36 bits per heavy atom. The standard InChI is InChI=1S/C19H25N9/c1-2-23-9-13(8-20)16-7-14(15(21)10-26-16)19(22)17-11-25-12-18(27-17)28-5-3-24-4-6-28/h7-13,20,22,24H,2-6,21H2,1H3. The maximum atomic E-state index is 8.62.